The van der Waals surface area contributed by atoms with E-state index in [1.54, 1.807) is 38.5 Å². The van der Waals surface area contributed by atoms with Crippen LogP contribution in [0.3, 0.4) is 0 Å². The van der Waals surface area contributed by atoms with Gasteiger partial charge in [0.15, 0.2) is 11.6 Å². The fraction of sp³-hybridized carbons (Fsp3) is 0.200. The average molecular weight is 463 g/mol. The molecule has 0 N–H and O–H groups in total. The summed E-state index contributed by atoms with van der Waals surface area (Å²) >= 11 is 3.78. The molecule has 3 aromatic rings. The predicted molar refractivity (Wildman–Crippen MR) is 117 cm³/mol. The molecule has 0 bridgehead atoms. The Kier molecular flexibility index (Phi) is 4.16. The molecular formula is C25H19BrO4. The number of hydrogen-bond acceptors (Lipinski definition) is 4. The Labute approximate surface area is 183 Å². The standard InChI is InChI=1S/C25H19BrO4/c1-29-17-11-7-15(8-12-17)24(16-9-13-18(30-2)14-10-16)22-21(27)19-5-3-4-6-20(19)23(28)25(22,24)26/h3-14,22H,1-2H3/t22-,25-/m0/s1. The molecule has 0 saturated heterocycles. The molecule has 3 aromatic carbocycles. The molecule has 0 heterocycles. The van der Waals surface area contributed by atoms with E-state index < -0.39 is 15.7 Å². The van der Waals surface area contributed by atoms with Gasteiger partial charge in [-0.15, -0.1) is 0 Å². The number of benzene rings is 3. The molecule has 2 atom stereocenters. The van der Waals surface area contributed by atoms with Crippen LogP contribution in [0.1, 0.15) is 31.8 Å². The Hall–Kier alpha value is -2.92. The second-order valence-corrected chi connectivity index (χ2v) is 8.90. The number of ketones is 2. The second-order valence-electron chi connectivity index (χ2n) is 7.65. The molecule has 5 heteroatoms. The lowest BCUT2D eigenvalue weighted by Crippen LogP contribution is -2.31. The first-order valence-corrected chi connectivity index (χ1v) is 10.5. The molecular weight excluding hydrogens is 444 g/mol. The molecule has 0 aliphatic heterocycles. The molecule has 30 heavy (non-hydrogen) atoms. The number of rotatable bonds is 4. The minimum absolute atomic E-state index is 0.0197. The fourth-order valence-electron chi connectivity index (χ4n) is 5.00. The van der Waals surface area contributed by atoms with Gasteiger partial charge in [-0.3, -0.25) is 9.59 Å². The van der Waals surface area contributed by atoms with Gasteiger partial charge in [-0.2, -0.15) is 0 Å². The van der Waals surface area contributed by atoms with Crippen LogP contribution in [-0.4, -0.2) is 30.1 Å². The number of Topliss-reactive ketones (excluding diaryl/α,β-unsaturated/α-hetero) is 2. The van der Waals surface area contributed by atoms with Crippen LogP contribution < -0.4 is 9.47 Å². The highest BCUT2D eigenvalue weighted by atomic mass is 79.9. The largest absolute Gasteiger partial charge is 0.497 e. The summed E-state index contributed by atoms with van der Waals surface area (Å²) < 4.78 is 9.59. The zero-order chi connectivity index (χ0) is 21.1. The number of ether oxygens (including phenoxy) is 2. The molecule has 0 spiro atoms. The Bertz CT molecular complexity index is 1120. The van der Waals surface area contributed by atoms with Crippen LogP contribution in [0.4, 0.5) is 0 Å². The highest BCUT2D eigenvalue weighted by Gasteiger charge is 2.84. The molecule has 0 radical (unpaired) electrons. The molecule has 4 nitrogen and oxygen atoms in total. The van der Waals surface area contributed by atoms with Crippen molar-refractivity contribution < 1.29 is 19.1 Å². The van der Waals surface area contributed by atoms with Gasteiger partial charge in [0.1, 0.15) is 15.8 Å². The maximum atomic E-state index is 13.7. The van der Waals surface area contributed by atoms with Crippen LogP contribution in [0, 0.1) is 5.92 Å². The lowest BCUT2D eigenvalue weighted by Gasteiger charge is -2.22. The van der Waals surface area contributed by atoms with Crippen molar-refractivity contribution in [1.29, 1.82) is 0 Å². The molecule has 5 rings (SSSR count). The molecule has 0 aromatic heterocycles. The average Bonchev–Trinajstić information content (AvgIpc) is 3.40. The SMILES string of the molecule is COc1ccc(C2(c3ccc(OC)cc3)[C@@H]3C(=O)c4ccccc4C(=O)[C@@]32Br)cc1. The van der Waals surface area contributed by atoms with E-state index in [1.807, 2.05) is 48.5 Å². The van der Waals surface area contributed by atoms with Crippen LogP contribution >= 0.6 is 15.9 Å². The van der Waals surface area contributed by atoms with Crippen molar-refractivity contribution in [1.82, 2.24) is 0 Å². The van der Waals surface area contributed by atoms with Crippen molar-refractivity contribution in [3.63, 3.8) is 0 Å². The Balaban J connectivity index is 1.76. The lowest BCUT2D eigenvalue weighted by atomic mass is 9.83. The van der Waals surface area contributed by atoms with Gasteiger partial charge in [0, 0.05) is 11.1 Å². The summed E-state index contributed by atoms with van der Waals surface area (Å²) in [6.45, 7) is 0. The summed E-state index contributed by atoms with van der Waals surface area (Å²) in [4.78, 5) is 27.3. The van der Waals surface area contributed by atoms with Gasteiger partial charge in [-0.1, -0.05) is 64.5 Å². The zero-order valence-corrected chi connectivity index (χ0v) is 18.1. The van der Waals surface area contributed by atoms with E-state index in [0.717, 1.165) is 22.6 Å². The number of halogens is 1. The normalized spacial score (nSPS) is 23.4. The summed E-state index contributed by atoms with van der Waals surface area (Å²) in [5.74, 6) is 0.825. The number of hydrogen-bond donors (Lipinski definition) is 0. The highest BCUT2D eigenvalue weighted by Crippen LogP contribution is 2.74. The first kappa shape index (κ1) is 19.1. The highest BCUT2D eigenvalue weighted by molar-refractivity contribution is 9.10. The quantitative estimate of drug-likeness (QED) is 0.520. The Morgan fingerprint density at radius 2 is 1.20 bits per heavy atom. The van der Waals surface area contributed by atoms with Gasteiger partial charge in [0.05, 0.1) is 25.6 Å². The molecule has 1 fully saturated rings. The predicted octanol–water partition coefficient (Wildman–Crippen LogP) is 4.83. The van der Waals surface area contributed by atoms with Gasteiger partial charge in [-0.25, -0.2) is 0 Å². The van der Waals surface area contributed by atoms with Crippen LogP contribution in [-0.2, 0) is 5.41 Å². The smallest absolute Gasteiger partial charge is 0.182 e. The zero-order valence-electron chi connectivity index (χ0n) is 16.5. The Morgan fingerprint density at radius 1 is 0.733 bits per heavy atom. The summed E-state index contributed by atoms with van der Waals surface area (Å²) in [5.41, 5.74) is 1.93. The van der Waals surface area contributed by atoms with Crippen LogP contribution in [0.5, 0.6) is 11.5 Å². The third-order valence-corrected chi connectivity index (χ3v) is 7.89. The maximum Gasteiger partial charge on any atom is 0.182 e. The maximum absolute atomic E-state index is 13.7. The number of carbonyl (C=O) groups excluding carboxylic acids is 2. The van der Waals surface area contributed by atoms with Crippen molar-refractivity contribution in [2.75, 3.05) is 14.2 Å². The molecule has 150 valence electrons. The first-order valence-electron chi connectivity index (χ1n) is 9.66. The molecule has 0 amide bonds. The van der Waals surface area contributed by atoms with E-state index in [1.165, 1.54) is 0 Å². The lowest BCUT2D eigenvalue weighted by molar-refractivity contribution is 0.0893. The van der Waals surface area contributed by atoms with Gasteiger partial charge in [0.25, 0.3) is 0 Å². The number of methoxy groups -OCH3 is 2. The van der Waals surface area contributed by atoms with E-state index in [-0.39, 0.29) is 11.6 Å². The van der Waals surface area contributed by atoms with Gasteiger partial charge >= 0.3 is 0 Å². The van der Waals surface area contributed by atoms with Gasteiger partial charge in [-0.05, 0) is 35.4 Å². The van der Waals surface area contributed by atoms with Crippen LogP contribution in [0.25, 0.3) is 0 Å². The monoisotopic (exact) mass is 462 g/mol. The topological polar surface area (TPSA) is 52.6 Å². The molecule has 2 aliphatic rings. The van der Waals surface area contributed by atoms with Crippen molar-refractivity contribution in [2.45, 2.75) is 9.74 Å². The summed E-state index contributed by atoms with van der Waals surface area (Å²) in [5, 5.41) is 0. The first-order chi connectivity index (χ1) is 14.5. The number of alkyl halides is 1. The van der Waals surface area contributed by atoms with E-state index >= 15 is 0 Å². The van der Waals surface area contributed by atoms with Crippen LogP contribution in [0.2, 0.25) is 0 Å². The summed E-state index contributed by atoms with van der Waals surface area (Å²) in [6.07, 6.45) is 0. The van der Waals surface area contributed by atoms with Crippen LogP contribution in [0.15, 0.2) is 72.8 Å². The van der Waals surface area contributed by atoms with E-state index in [2.05, 4.69) is 15.9 Å². The van der Waals surface area contributed by atoms with Crippen molar-refractivity contribution in [2.24, 2.45) is 5.92 Å². The van der Waals surface area contributed by atoms with Gasteiger partial charge in [0.2, 0.25) is 0 Å². The van der Waals surface area contributed by atoms with Gasteiger partial charge < -0.3 is 9.47 Å². The fourth-order valence-corrected chi connectivity index (χ4v) is 6.34. The molecule has 0 unspecified atom stereocenters. The second kappa shape index (κ2) is 6.54. The summed E-state index contributed by atoms with van der Waals surface area (Å²) in [6, 6.07) is 22.3. The summed E-state index contributed by atoms with van der Waals surface area (Å²) in [7, 11) is 3.22. The Morgan fingerprint density at radius 3 is 1.67 bits per heavy atom. The van der Waals surface area contributed by atoms with Crippen molar-refractivity contribution >= 4 is 27.5 Å². The molecule has 1 saturated carbocycles. The number of fused-ring (bicyclic) bond motifs is 2. The minimum atomic E-state index is -1.03. The van der Waals surface area contributed by atoms with Crippen molar-refractivity contribution in [3.8, 4) is 11.5 Å². The minimum Gasteiger partial charge on any atom is -0.497 e. The van der Waals surface area contributed by atoms with E-state index in [4.69, 9.17) is 9.47 Å². The van der Waals surface area contributed by atoms with E-state index in [0.29, 0.717) is 11.1 Å². The third-order valence-electron chi connectivity index (χ3n) is 6.44. The number of carbonyl (C=O) groups is 2. The molecule has 2 aliphatic carbocycles. The van der Waals surface area contributed by atoms with Crippen molar-refractivity contribution in [3.05, 3.63) is 95.1 Å². The van der Waals surface area contributed by atoms with E-state index in [9.17, 15) is 9.59 Å². The third kappa shape index (κ3) is 2.21.